The molecule has 0 saturated carbocycles. The number of nitrogens with zero attached hydrogens (tertiary/aromatic N) is 2. The summed E-state index contributed by atoms with van der Waals surface area (Å²) < 4.78 is 5.47. The Labute approximate surface area is 219 Å². The van der Waals surface area contributed by atoms with Crippen molar-refractivity contribution in [2.75, 3.05) is 44.0 Å². The lowest BCUT2D eigenvalue weighted by molar-refractivity contribution is -0.151. The van der Waals surface area contributed by atoms with Crippen molar-refractivity contribution in [1.29, 1.82) is 0 Å². The average Bonchev–Trinajstić information content (AvgIpc) is 2.91. The third-order valence-corrected chi connectivity index (χ3v) is 6.83. The zero-order chi connectivity index (χ0) is 26.8. The molecule has 4 N–H and O–H groups in total. The first-order valence-corrected chi connectivity index (χ1v) is 13.0. The van der Waals surface area contributed by atoms with Crippen molar-refractivity contribution in [3.63, 3.8) is 0 Å². The summed E-state index contributed by atoms with van der Waals surface area (Å²) >= 11 is 0. The number of hydroxylamine groups is 1. The highest BCUT2D eigenvalue weighted by Crippen LogP contribution is 2.24. The zero-order valence-corrected chi connectivity index (χ0v) is 22.0. The highest BCUT2D eigenvalue weighted by molar-refractivity contribution is 5.88. The van der Waals surface area contributed by atoms with Crippen LogP contribution < -0.4 is 20.4 Å². The first-order valence-electron chi connectivity index (χ1n) is 13.0. The number of hydrogen-bond donors (Lipinski definition) is 4. The molecule has 1 saturated heterocycles. The van der Waals surface area contributed by atoms with E-state index in [0.717, 1.165) is 35.5 Å². The number of likely N-dealkylation sites (tertiary alicyclic amines) is 1. The molecule has 2 amide bonds. The molecule has 1 fully saturated rings. The summed E-state index contributed by atoms with van der Waals surface area (Å²) in [4.78, 5) is 29.1. The first kappa shape index (κ1) is 28.3. The highest BCUT2D eigenvalue weighted by Gasteiger charge is 2.36. The summed E-state index contributed by atoms with van der Waals surface area (Å²) in [5.74, 6) is -1.33. The number of piperidine rings is 1. The van der Waals surface area contributed by atoms with Crippen LogP contribution in [-0.2, 0) is 16.0 Å². The Bertz CT molecular complexity index is 1010. The fourth-order valence-corrected chi connectivity index (χ4v) is 4.70. The van der Waals surface area contributed by atoms with E-state index in [4.69, 9.17) is 9.94 Å². The number of carbonyl (C=O) groups is 2. The number of aryl methyl sites for hydroxylation is 1. The van der Waals surface area contributed by atoms with Gasteiger partial charge in [0.1, 0.15) is 11.9 Å². The van der Waals surface area contributed by atoms with Crippen LogP contribution in [0.4, 0.5) is 11.4 Å². The molecule has 2 aromatic carbocycles. The Kier molecular flexibility index (Phi) is 10.6. The van der Waals surface area contributed by atoms with Crippen LogP contribution in [0.15, 0.2) is 48.5 Å². The monoisotopic (exact) mass is 512 g/mol. The van der Waals surface area contributed by atoms with Crippen LogP contribution in [0.5, 0.6) is 5.75 Å². The van der Waals surface area contributed by atoms with Gasteiger partial charge >= 0.3 is 0 Å². The predicted molar refractivity (Wildman–Crippen MR) is 144 cm³/mol. The number of carbonyl (C=O) groups excluding carboxylic acids is 2. The van der Waals surface area contributed by atoms with Gasteiger partial charge in [-0.2, -0.15) is 0 Å². The van der Waals surface area contributed by atoms with E-state index in [-0.39, 0.29) is 11.9 Å². The molecule has 2 aromatic rings. The SMILES string of the molecule is CCOc1ccc(CCC[C@@H](C(=O)N2CCC(Nc3cccc(N(C)C)c3)CC2)[C@H](O)C(=O)NO)cc1. The van der Waals surface area contributed by atoms with Gasteiger partial charge in [-0.3, -0.25) is 14.8 Å². The fraction of sp³-hybridized carbons (Fsp3) is 0.500. The van der Waals surface area contributed by atoms with Crippen LogP contribution in [0, 0.1) is 5.92 Å². The van der Waals surface area contributed by atoms with Gasteiger partial charge in [0.15, 0.2) is 0 Å². The van der Waals surface area contributed by atoms with Crippen LogP contribution in [0.3, 0.4) is 0 Å². The number of ether oxygens (including phenoxy) is 1. The molecule has 0 unspecified atom stereocenters. The molecule has 1 aliphatic rings. The third-order valence-electron chi connectivity index (χ3n) is 6.83. The van der Waals surface area contributed by atoms with E-state index < -0.39 is 17.9 Å². The van der Waals surface area contributed by atoms with Crippen molar-refractivity contribution >= 4 is 23.2 Å². The van der Waals surface area contributed by atoms with Crippen LogP contribution in [-0.4, -0.2) is 73.0 Å². The van der Waals surface area contributed by atoms with E-state index in [1.54, 1.807) is 4.90 Å². The molecule has 0 bridgehead atoms. The van der Waals surface area contributed by atoms with Gasteiger partial charge in [-0.15, -0.1) is 0 Å². The molecule has 202 valence electrons. The lowest BCUT2D eigenvalue weighted by Gasteiger charge is -2.35. The van der Waals surface area contributed by atoms with Crippen LogP contribution in [0.25, 0.3) is 0 Å². The number of amides is 2. The average molecular weight is 513 g/mol. The molecule has 0 aromatic heterocycles. The van der Waals surface area contributed by atoms with Gasteiger partial charge in [-0.1, -0.05) is 18.2 Å². The molecule has 3 rings (SSSR count). The van der Waals surface area contributed by atoms with Crippen molar-refractivity contribution in [2.45, 2.75) is 51.2 Å². The summed E-state index contributed by atoms with van der Waals surface area (Å²) in [6.45, 7) is 3.60. The summed E-state index contributed by atoms with van der Waals surface area (Å²) in [6, 6.07) is 16.2. The quantitative estimate of drug-likeness (QED) is 0.255. The van der Waals surface area contributed by atoms with Gasteiger partial charge in [-0.25, -0.2) is 5.48 Å². The van der Waals surface area contributed by atoms with E-state index in [0.29, 0.717) is 39.0 Å². The highest BCUT2D eigenvalue weighted by atomic mass is 16.5. The Morgan fingerprint density at radius 2 is 1.84 bits per heavy atom. The van der Waals surface area contributed by atoms with E-state index in [1.807, 2.05) is 57.4 Å². The van der Waals surface area contributed by atoms with E-state index >= 15 is 0 Å². The van der Waals surface area contributed by atoms with Crippen molar-refractivity contribution in [1.82, 2.24) is 10.4 Å². The topological polar surface area (TPSA) is 114 Å². The second-order valence-electron chi connectivity index (χ2n) is 9.69. The summed E-state index contributed by atoms with van der Waals surface area (Å²) in [7, 11) is 4.01. The minimum atomic E-state index is -1.61. The minimum absolute atomic E-state index is 0.227. The van der Waals surface area contributed by atoms with Gasteiger partial charge < -0.3 is 25.0 Å². The smallest absolute Gasteiger partial charge is 0.272 e. The second-order valence-corrected chi connectivity index (χ2v) is 9.69. The lowest BCUT2D eigenvalue weighted by Crippen LogP contribution is -2.50. The molecule has 0 spiro atoms. The van der Waals surface area contributed by atoms with Crippen LogP contribution in [0.1, 0.15) is 38.2 Å². The van der Waals surface area contributed by atoms with Crippen molar-refractivity contribution in [3.05, 3.63) is 54.1 Å². The number of rotatable bonds is 12. The molecule has 1 aliphatic heterocycles. The molecule has 2 atom stereocenters. The standard InChI is InChI=1S/C28H40N4O5/c1-4-37-24-13-11-20(12-14-24)7-5-10-25(26(33)27(34)30-36)28(35)32-17-15-21(16-18-32)29-22-8-6-9-23(19-22)31(2)3/h6,8-9,11-14,19,21,25-26,29,33,36H,4-5,7,10,15-18H2,1-3H3,(H,30,34)/t25-,26+/m1/s1. The molecular weight excluding hydrogens is 472 g/mol. The van der Waals surface area contributed by atoms with Gasteiger partial charge in [0.25, 0.3) is 5.91 Å². The van der Waals surface area contributed by atoms with Crippen molar-refractivity contribution in [2.24, 2.45) is 5.92 Å². The molecule has 9 heteroatoms. The predicted octanol–water partition coefficient (Wildman–Crippen LogP) is 3.06. The molecule has 0 aliphatic carbocycles. The largest absolute Gasteiger partial charge is 0.494 e. The maximum absolute atomic E-state index is 13.4. The normalized spacial score (nSPS) is 15.5. The van der Waals surface area contributed by atoms with E-state index in [9.17, 15) is 14.7 Å². The number of hydrogen-bond acceptors (Lipinski definition) is 7. The van der Waals surface area contributed by atoms with Crippen LogP contribution in [0.2, 0.25) is 0 Å². The van der Waals surface area contributed by atoms with Gasteiger partial charge in [0.05, 0.1) is 12.5 Å². The van der Waals surface area contributed by atoms with Crippen molar-refractivity contribution in [3.8, 4) is 5.75 Å². The molecular formula is C28H40N4O5. The molecule has 37 heavy (non-hydrogen) atoms. The maximum Gasteiger partial charge on any atom is 0.272 e. The fourth-order valence-electron chi connectivity index (χ4n) is 4.70. The first-order chi connectivity index (χ1) is 17.8. The summed E-state index contributed by atoms with van der Waals surface area (Å²) in [5, 5.41) is 23.1. The van der Waals surface area contributed by atoms with Crippen LogP contribution >= 0.6 is 0 Å². The Morgan fingerprint density at radius 3 is 2.46 bits per heavy atom. The lowest BCUT2D eigenvalue weighted by atomic mass is 9.91. The Hall–Kier alpha value is -3.30. The number of aliphatic hydroxyl groups excluding tert-OH is 1. The summed E-state index contributed by atoms with van der Waals surface area (Å²) in [6.07, 6.45) is 1.55. The van der Waals surface area contributed by atoms with Gasteiger partial charge in [-0.05, 0) is 74.9 Å². The number of aliphatic hydroxyl groups is 1. The van der Waals surface area contributed by atoms with E-state index in [2.05, 4.69) is 22.3 Å². The molecule has 0 radical (unpaired) electrons. The van der Waals surface area contributed by atoms with Gasteiger partial charge in [0.2, 0.25) is 5.91 Å². The number of anilines is 2. The zero-order valence-electron chi connectivity index (χ0n) is 22.0. The van der Waals surface area contributed by atoms with E-state index in [1.165, 1.54) is 5.48 Å². The third kappa shape index (κ3) is 8.10. The van der Waals surface area contributed by atoms with Gasteiger partial charge in [0, 0.05) is 44.6 Å². The molecule has 9 nitrogen and oxygen atoms in total. The number of nitrogens with one attached hydrogen (secondary N) is 2. The minimum Gasteiger partial charge on any atom is -0.494 e. The maximum atomic E-state index is 13.4. The Balaban J connectivity index is 1.56. The number of benzene rings is 2. The second kappa shape index (κ2) is 13.9. The van der Waals surface area contributed by atoms with Crippen molar-refractivity contribution < 1.29 is 24.6 Å². The summed E-state index contributed by atoms with van der Waals surface area (Å²) in [5.41, 5.74) is 4.73. The Morgan fingerprint density at radius 1 is 1.14 bits per heavy atom. The molecule has 1 heterocycles.